The minimum atomic E-state index is -0.0748. The van der Waals surface area contributed by atoms with E-state index in [1.165, 1.54) is 0 Å². The summed E-state index contributed by atoms with van der Waals surface area (Å²) < 4.78 is 1.80. The predicted molar refractivity (Wildman–Crippen MR) is 107 cm³/mol. The van der Waals surface area contributed by atoms with E-state index in [9.17, 15) is 9.59 Å². The molecule has 1 aliphatic heterocycles. The lowest BCUT2D eigenvalue weighted by atomic mass is 9.92. The van der Waals surface area contributed by atoms with Gasteiger partial charge in [-0.15, -0.1) is 0 Å². The standard InChI is InChI=1S/C21H25N5O2/c1-25-14-10-22-20(25)19(27)15-8-12-26(13-9-15)11-4-7-18-23-17-6-3-2-5-16(17)21(28)24-18/h2-3,5-6,10,14-15H,4,7-9,11-13H2,1H3,(H,23,24,28). The zero-order valence-electron chi connectivity index (χ0n) is 16.1. The topological polar surface area (TPSA) is 83.9 Å². The number of imidazole rings is 1. The van der Waals surface area contributed by atoms with E-state index in [1.54, 1.807) is 16.8 Å². The summed E-state index contributed by atoms with van der Waals surface area (Å²) in [5.41, 5.74) is 0.670. The lowest BCUT2D eigenvalue weighted by Gasteiger charge is -2.31. The fourth-order valence-corrected chi connectivity index (χ4v) is 3.93. The Morgan fingerprint density at radius 1 is 1.25 bits per heavy atom. The van der Waals surface area contributed by atoms with Crippen LogP contribution in [0, 0.1) is 5.92 Å². The Morgan fingerprint density at radius 2 is 2.04 bits per heavy atom. The largest absolute Gasteiger partial charge is 0.332 e. The average molecular weight is 379 g/mol. The third-order valence-electron chi connectivity index (χ3n) is 5.55. The predicted octanol–water partition coefficient (Wildman–Crippen LogP) is 2.18. The highest BCUT2D eigenvalue weighted by atomic mass is 16.1. The number of likely N-dealkylation sites (tertiary alicyclic amines) is 1. The van der Waals surface area contributed by atoms with Crippen molar-refractivity contribution in [2.24, 2.45) is 13.0 Å². The van der Waals surface area contributed by atoms with Crippen LogP contribution in [0.2, 0.25) is 0 Å². The van der Waals surface area contributed by atoms with Crippen LogP contribution in [0.4, 0.5) is 0 Å². The molecule has 1 saturated heterocycles. The molecular weight excluding hydrogens is 354 g/mol. The van der Waals surface area contributed by atoms with Crippen LogP contribution in [0.3, 0.4) is 0 Å². The van der Waals surface area contributed by atoms with Crippen molar-refractivity contribution in [3.63, 3.8) is 0 Å². The Hall–Kier alpha value is -2.80. The quantitative estimate of drug-likeness (QED) is 0.664. The molecule has 3 heterocycles. The van der Waals surface area contributed by atoms with Gasteiger partial charge < -0.3 is 14.5 Å². The van der Waals surface area contributed by atoms with E-state index in [-0.39, 0.29) is 17.3 Å². The second-order valence-electron chi connectivity index (χ2n) is 7.48. The van der Waals surface area contributed by atoms with Crippen LogP contribution in [-0.2, 0) is 13.5 Å². The number of benzene rings is 1. The molecule has 7 nitrogen and oxygen atoms in total. The van der Waals surface area contributed by atoms with Crippen molar-refractivity contribution in [3.8, 4) is 0 Å². The molecule has 1 aliphatic rings. The summed E-state index contributed by atoms with van der Waals surface area (Å²) in [5, 5.41) is 0.630. The molecule has 7 heteroatoms. The van der Waals surface area contributed by atoms with Crippen molar-refractivity contribution in [1.29, 1.82) is 0 Å². The molecule has 28 heavy (non-hydrogen) atoms. The summed E-state index contributed by atoms with van der Waals surface area (Å²) in [5.74, 6) is 1.52. The minimum absolute atomic E-state index is 0.0656. The van der Waals surface area contributed by atoms with Crippen molar-refractivity contribution in [2.45, 2.75) is 25.7 Å². The maximum absolute atomic E-state index is 12.6. The molecule has 146 valence electrons. The summed E-state index contributed by atoms with van der Waals surface area (Å²) in [7, 11) is 1.86. The molecule has 0 saturated carbocycles. The van der Waals surface area contributed by atoms with Crippen LogP contribution in [-0.4, -0.2) is 49.8 Å². The number of aromatic nitrogens is 4. The first-order valence-corrected chi connectivity index (χ1v) is 9.83. The van der Waals surface area contributed by atoms with Gasteiger partial charge in [-0.3, -0.25) is 9.59 Å². The molecule has 1 N–H and O–H groups in total. The van der Waals surface area contributed by atoms with Crippen molar-refractivity contribution in [2.75, 3.05) is 19.6 Å². The molecular formula is C21H25N5O2. The highest BCUT2D eigenvalue weighted by Gasteiger charge is 2.27. The van der Waals surface area contributed by atoms with Crippen LogP contribution in [0.5, 0.6) is 0 Å². The Morgan fingerprint density at radius 3 is 2.79 bits per heavy atom. The van der Waals surface area contributed by atoms with E-state index in [2.05, 4.69) is 19.9 Å². The van der Waals surface area contributed by atoms with Crippen molar-refractivity contribution >= 4 is 16.7 Å². The fourth-order valence-electron chi connectivity index (χ4n) is 3.93. The number of carbonyl (C=O) groups is 1. The Kier molecular flexibility index (Phi) is 5.34. The first kappa shape index (κ1) is 18.6. The molecule has 0 atom stereocenters. The maximum Gasteiger partial charge on any atom is 0.258 e. The van der Waals surface area contributed by atoms with Crippen molar-refractivity contribution in [3.05, 3.63) is 58.7 Å². The van der Waals surface area contributed by atoms with Crippen LogP contribution in [0.25, 0.3) is 10.9 Å². The number of aromatic amines is 1. The number of ketones is 1. The number of Topliss-reactive ketones (excluding diaryl/α,β-unsaturated/α-hetero) is 1. The van der Waals surface area contributed by atoms with Gasteiger partial charge in [0.05, 0.1) is 10.9 Å². The Labute approximate surface area is 163 Å². The molecule has 1 aromatic carbocycles. The third-order valence-corrected chi connectivity index (χ3v) is 5.55. The third kappa shape index (κ3) is 3.89. The van der Waals surface area contributed by atoms with Gasteiger partial charge in [0, 0.05) is 31.8 Å². The van der Waals surface area contributed by atoms with Crippen LogP contribution in [0.15, 0.2) is 41.5 Å². The highest BCUT2D eigenvalue weighted by Crippen LogP contribution is 2.21. The number of piperidine rings is 1. The van der Waals surface area contributed by atoms with Gasteiger partial charge in [-0.05, 0) is 51.0 Å². The monoisotopic (exact) mass is 379 g/mol. The van der Waals surface area contributed by atoms with Crippen molar-refractivity contribution < 1.29 is 4.79 Å². The summed E-state index contributed by atoms with van der Waals surface area (Å²) >= 11 is 0. The van der Waals surface area contributed by atoms with Gasteiger partial charge in [-0.25, -0.2) is 9.97 Å². The number of aryl methyl sites for hydroxylation is 2. The zero-order chi connectivity index (χ0) is 19.5. The van der Waals surface area contributed by atoms with Gasteiger partial charge in [0.25, 0.3) is 5.56 Å². The van der Waals surface area contributed by atoms with Crippen LogP contribution < -0.4 is 5.56 Å². The second-order valence-corrected chi connectivity index (χ2v) is 7.48. The molecule has 0 radical (unpaired) electrons. The summed E-state index contributed by atoms with van der Waals surface area (Å²) in [6, 6.07) is 7.41. The Balaban J connectivity index is 1.27. The number of hydrogen-bond donors (Lipinski definition) is 1. The highest BCUT2D eigenvalue weighted by molar-refractivity contribution is 5.94. The van der Waals surface area contributed by atoms with Crippen LogP contribution in [0.1, 0.15) is 35.7 Å². The molecule has 0 spiro atoms. The van der Waals surface area contributed by atoms with Gasteiger partial charge in [0.1, 0.15) is 5.82 Å². The van der Waals surface area contributed by atoms with Gasteiger partial charge in [-0.1, -0.05) is 12.1 Å². The van der Waals surface area contributed by atoms with Gasteiger partial charge >= 0.3 is 0 Å². The molecule has 2 aromatic heterocycles. The van der Waals surface area contributed by atoms with Crippen molar-refractivity contribution in [1.82, 2.24) is 24.4 Å². The first-order valence-electron chi connectivity index (χ1n) is 9.83. The van der Waals surface area contributed by atoms with E-state index in [0.717, 1.165) is 56.7 Å². The van der Waals surface area contributed by atoms with E-state index < -0.39 is 0 Å². The van der Waals surface area contributed by atoms with E-state index in [4.69, 9.17) is 0 Å². The summed E-state index contributed by atoms with van der Waals surface area (Å²) in [6.07, 6.45) is 6.90. The molecule has 1 fully saturated rings. The fraction of sp³-hybridized carbons (Fsp3) is 0.429. The summed E-state index contributed by atoms with van der Waals surface area (Å²) in [6.45, 7) is 2.78. The number of nitrogens with zero attached hydrogens (tertiary/aromatic N) is 4. The average Bonchev–Trinajstić information content (AvgIpc) is 3.14. The SMILES string of the molecule is Cn1ccnc1C(=O)C1CCN(CCCc2nc3ccccc3c(=O)[nH]2)CC1. The number of fused-ring (bicyclic) bond motifs is 1. The molecule has 0 aliphatic carbocycles. The molecule has 0 amide bonds. The van der Waals surface area contributed by atoms with Crippen LogP contribution >= 0.6 is 0 Å². The summed E-state index contributed by atoms with van der Waals surface area (Å²) in [4.78, 5) is 38.8. The number of carbonyl (C=O) groups excluding carboxylic acids is 1. The molecule has 0 unspecified atom stereocenters. The smallest absolute Gasteiger partial charge is 0.258 e. The van der Waals surface area contributed by atoms with E-state index in [1.807, 2.05) is 31.4 Å². The van der Waals surface area contributed by atoms with Gasteiger partial charge in [0.15, 0.2) is 5.82 Å². The van der Waals surface area contributed by atoms with E-state index in [0.29, 0.717) is 11.2 Å². The van der Waals surface area contributed by atoms with E-state index >= 15 is 0 Å². The molecule has 3 aromatic rings. The lowest BCUT2D eigenvalue weighted by Crippen LogP contribution is -2.37. The number of rotatable bonds is 6. The minimum Gasteiger partial charge on any atom is -0.332 e. The maximum atomic E-state index is 12.6. The molecule has 0 bridgehead atoms. The number of hydrogen-bond acceptors (Lipinski definition) is 5. The first-order chi connectivity index (χ1) is 13.6. The lowest BCUT2D eigenvalue weighted by molar-refractivity contribution is 0.0825. The molecule has 4 rings (SSSR count). The Bertz CT molecular complexity index is 1030. The van der Waals surface area contributed by atoms with Gasteiger partial charge in [0.2, 0.25) is 5.78 Å². The number of nitrogens with one attached hydrogen (secondary N) is 1. The number of H-pyrrole nitrogens is 1. The second kappa shape index (κ2) is 8.06. The van der Waals surface area contributed by atoms with Gasteiger partial charge in [-0.2, -0.15) is 0 Å². The number of para-hydroxylation sites is 1. The normalized spacial score (nSPS) is 15.9. The zero-order valence-corrected chi connectivity index (χ0v) is 16.1.